The highest BCUT2D eigenvalue weighted by Gasteiger charge is 2.77. The first-order valence-electron chi connectivity index (χ1n) is 8.79. The maximum Gasteiger partial charge on any atom is 0.305 e. The van der Waals surface area contributed by atoms with Crippen LogP contribution in [0.25, 0.3) is 0 Å². The van der Waals surface area contributed by atoms with E-state index in [9.17, 15) is 9.59 Å². The third kappa shape index (κ3) is 2.08. The number of carbonyl (C=O) groups excluding carboxylic acids is 2. The molecule has 0 unspecified atom stereocenters. The first-order chi connectivity index (χ1) is 11.1. The zero-order valence-electron chi connectivity index (χ0n) is 15.0. The normalized spacial score (nSPS) is 50.5. The van der Waals surface area contributed by atoms with Crippen LogP contribution in [0.5, 0.6) is 0 Å². The van der Waals surface area contributed by atoms with Gasteiger partial charge in [-0.15, -0.1) is 0 Å². The van der Waals surface area contributed by atoms with E-state index in [-0.39, 0.29) is 23.0 Å². The summed E-state index contributed by atoms with van der Waals surface area (Å²) >= 11 is 0. The van der Waals surface area contributed by atoms with Gasteiger partial charge in [0, 0.05) is 13.8 Å². The third-order valence-corrected chi connectivity index (χ3v) is 6.40. The van der Waals surface area contributed by atoms with Crippen LogP contribution >= 0.6 is 0 Å². The lowest BCUT2D eigenvalue weighted by Crippen LogP contribution is -2.51. The molecule has 2 aliphatic heterocycles. The summed E-state index contributed by atoms with van der Waals surface area (Å²) in [4.78, 5) is 23.3. The molecule has 2 bridgehead atoms. The Morgan fingerprint density at radius 2 is 1.71 bits per heavy atom. The number of esters is 2. The van der Waals surface area contributed by atoms with Gasteiger partial charge in [-0.3, -0.25) is 9.59 Å². The van der Waals surface area contributed by atoms with Crippen LogP contribution in [0, 0.1) is 23.2 Å². The van der Waals surface area contributed by atoms with Crippen LogP contribution < -0.4 is 0 Å². The van der Waals surface area contributed by atoms with Gasteiger partial charge in [0.15, 0.2) is 0 Å². The van der Waals surface area contributed by atoms with E-state index in [2.05, 4.69) is 20.8 Å². The number of hydrogen-bond acceptors (Lipinski definition) is 6. The minimum atomic E-state index is -1.30. The Kier molecular flexibility index (Phi) is 3.22. The first-order valence-corrected chi connectivity index (χ1v) is 8.79. The second kappa shape index (κ2) is 4.73. The molecule has 4 aliphatic rings. The van der Waals surface area contributed by atoms with Crippen molar-refractivity contribution in [1.82, 2.24) is 0 Å². The van der Waals surface area contributed by atoms with Crippen LogP contribution in [0.3, 0.4) is 0 Å². The maximum absolute atomic E-state index is 11.8. The minimum Gasteiger partial charge on any atom is -0.429 e. The Bertz CT molecular complexity index is 600. The highest BCUT2D eigenvalue weighted by molar-refractivity contribution is 5.67. The van der Waals surface area contributed by atoms with Gasteiger partial charge in [-0.1, -0.05) is 13.8 Å². The summed E-state index contributed by atoms with van der Waals surface area (Å²) < 4.78 is 23.6. The van der Waals surface area contributed by atoms with Gasteiger partial charge in [0.05, 0.1) is 17.6 Å². The molecule has 7 atom stereocenters. The highest BCUT2D eigenvalue weighted by Crippen LogP contribution is 2.67. The molecule has 4 rings (SSSR count). The lowest BCUT2D eigenvalue weighted by atomic mass is 9.67. The monoisotopic (exact) mass is 338 g/mol. The van der Waals surface area contributed by atoms with E-state index in [1.807, 2.05) is 0 Å². The molecule has 2 heterocycles. The van der Waals surface area contributed by atoms with Crippen LogP contribution in [0.2, 0.25) is 0 Å². The number of rotatable bonds is 2. The Morgan fingerprint density at radius 1 is 1.00 bits per heavy atom. The van der Waals surface area contributed by atoms with Crippen molar-refractivity contribution in [3.63, 3.8) is 0 Å². The standard InChI is InChI=1S/C18H26O6/c1-9(19)21-15-18(23-10(2)20)13-8-17(5,24-18)12-7-16(3,4)6-11(12)14(13)22-15/h11-15H,6-8H2,1-5H3/t11-,12+,13-,14+,15-,17+,18-/m1/s1. The molecule has 0 spiro atoms. The van der Waals surface area contributed by atoms with Gasteiger partial charge in [0.1, 0.15) is 0 Å². The van der Waals surface area contributed by atoms with Crippen molar-refractivity contribution in [2.75, 3.05) is 0 Å². The van der Waals surface area contributed by atoms with E-state index in [4.69, 9.17) is 18.9 Å². The molecule has 0 radical (unpaired) electrons. The van der Waals surface area contributed by atoms with Crippen molar-refractivity contribution in [2.24, 2.45) is 23.2 Å². The van der Waals surface area contributed by atoms with Crippen molar-refractivity contribution >= 4 is 11.9 Å². The molecule has 0 aromatic heterocycles. The average Bonchev–Trinajstić information content (AvgIpc) is 2.96. The summed E-state index contributed by atoms with van der Waals surface area (Å²) in [5.41, 5.74) is -0.142. The molecule has 0 N–H and O–H groups in total. The van der Waals surface area contributed by atoms with E-state index in [0.717, 1.165) is 19.3 Å². The zero-order valence-corrected chi connectivity index (χ0v) is 15.0. The highest BCUT2D eigenvalue weighted by atomic mass is 16.8. The fourth-order valence-electron chi connectivity index (χ4n) is 5.84. The third-order valence-electron chi connectivity index (χ3n) is 6.40. The van der Waals surface area contributed by atoms with E-state index in [1.54, 1.807) is 0 Å². The van der Waals surface area contributed by atoms with Crippen molar-refractivity contribution in [1.29, 1.82) is 0 Å². The van der Waals surface area contributed by atoms with E-state index in [0.29, 0.717) is 11.8 Å². The largest absolute Gasteiger partial charge is 0.429 e. The predicted molar refractivity (Wildman–Crippen MR) is 82.5 cm³/mol. The number of hydrogen-bond donors (Lipinski definition) is 0. The summed E-state index contributed by atoms with van der Waals surface area (Å²) in [5, 5.41) is 0. The van der Waals surface area contributed by atoms with Crippen molar-refractivity contribution in [3.05, 3.63) is 0 Å². The fraction of sp³-hybridized carbons (Fsp3) is 0.889. The van der Waals surface area contributed by atoms with Gasteiger partial charge in [-0.25, -0.2) is 0 Å². The van der Waals surface area contributed by atoms with Gasteiger partial charge in [-0.05, 0) is 43.4 Å². The molecular formula is C18H26O6. The topological polar surface area (TPSA) is 71.1 Å². The van der Waals surface area contributed by atoms with Crippen LogP contribution in [0.4, 0.5) is 0 Å². The summed E-state index contributed by atoms with van der Waals surface area (Å²) in [6.45, 7) is 9.34. The minimum absolute atomic E-state index is 0.0918. The fourth-order valence-corrected chi connectivity index (χ4v) is 5.84. The smallest absolute Gasteiger partial charge is 0.305 e. The van der Waals surface area contributed by atoms with Crippen LogP contribution in [-0.2, 0) is 28.5 Å². The second-order valence-electron chi connectivity index (χ2n) is 8.93. The lowest BCUT2D eigenvalue weighted by molar-refractivity contribution is -0.326. The summed E-state index contributed by atoms with van der Waals surface area (Å²) in [6.07, 6.45) is 1.78. The van der Waals surface area contributed by atoms with Gasteiger partial charge < -0.3 is 18.9 Å². The Balaban J connectivity index is 1.75. The van der Waals surface area contributed by atoms with E-state index >= 15 is 0 Å². The zero-order chi connectivity index (χ0) is 17.5. The molecule has 6 nitrogen and oxygen atoms in total. The summed E-state index contributed by atoms with van der Waals surface area (Å²) in [7, 11) is 0. The number of ether oxygens (including phenoxy) is 4. The molecule has 6 heteroatoms. The molecule has 0 amide bonds. The summed E-state index contributed by atoms with van der Waals surface area (Å²) in [6, 6.07) is 0. The Morgan fingerprint density at radius 3 is 2.33 bits per heavy atom. The van der Waals surface area contributed by atoms with Gasteiger partial charge in [0.2, 0.25) is 0 Å². The van der Waals surface area contributed by atoms with Crippen molar-refractivity contribution in [2.45, 2.75) is 77.7 Å². The molecule has 2 saturated heterocycles. The van der Waals surface area contributed by atoms with E-state index in [1.165, 1.54) is 13.8 Å². The van der Waals surface area contributed by atoms with Gasteiger partial charge in [-0.2, -0.15) is 0 Å². The summed E-state index contributed by atoms with van der Waals surface area (Å²) in [5.74, 6) is -1.60. The molecule has 24 heavy (non-hydrogen) atoms. The van der Waals surface area contributed by atoms with Crippen LogP contribution in [-0.4, -0.2) is 35.7 Å². The molecule has 2 saturated carbocycles. The molecule has 2 aliphatic carbocycles. The molecule has 0 aromatic carbocycles. The molecule has 4 fully saturated rings. The molecule has 0 aromatic rings. The van der Waals surface area contributed by atoms with Gasteiger partial charge >= 0.3 is 11.9 Å². The molecule has 134 valence electrons. The van der Waals surface area contributed by atoms with Crippen molar-refractivity contribution < 1.29 is 28.5 Å². The predicted octanol–water partition coefficient (Wildman–Crippen LogP) is 2.40. The number of carbonyl (C=O) groups is 2. The molecular weight excluding hydrogens is 312 g/mol. The van der Waals surface area contributed by atoms with Crippen molar-refractivity contribution in [3.8, 4) is 0 Å². The second-order valence-corrected chi connectivity index (χ2v) is 8.93. The van der Waals surface area contributed by atoms with E-state index < -0.39 is 24.0 Å². The van der Waals surface area contributed by atoms with Gasteiger partial charge in [0.25, 0.3) is 12.1 Å². The SMILES string of the molecule is CC(=O)O[C@@H]1O[C@H]2[C@@H]3CC(C)(C)C[C@@H]3[C@]3(C)C[C@H]2[C@@]1(OC(C)=O)O3. The average molecular weight is 338 g/mol. The van der Waals surface area contributed by atoms with Crippen LogP contribution in [0.1, 0.15) is 53.9 Å². The first kappa shape index (κ1) is 16.3. The Labute approximate surface area is 142 Å². The quantitative estimate of drug-likeness (QED) is 0.720. The maximum atomic E-state index is 11.8. The van der Waals surface area contributed by atoms with Crippen LogP contribution in [0.15, 0.2) is 0 Å². The number of fused-ring (bicyclic) bond motifs is 4. The Hall–Kier alpha value is -1.14. The lowest BCUT2D eigenvalue weighted by Gasteiger charge is -2.43.